The van der Waals surface area contributed by atoms with Crippen LogP contribution in [0.4, 0.5) is 13.2 Å². The molecule has 0 aromatic rings. The number of nitrogens with one attached hydrogen (secondary N) is 1. The zero-order chi connectivity index (χ0) is 11.7. The summed E-state index contributed by atoms with van der Waals surface area (Å²) in [4.78, 5) is 11.0. The van der Waals surface area contributed by atoms with Crippen molar-refractivity contribution in [3.8, 4) is 0 Å². The lowest BCUT2D eigenvalue weighted by Gasteiger charge is -2.22. The molecular formula is C7H9F3N2O3. The zero-order valence-electron chi connectivity index (χ0n) is 7.51. The van der Waals surface area contributed by atoms with E-state index in [1.165, 1.54) is 0 Å². The molecule has 0 aliphatic carbocycles. The van der Waals surface area contributed by atoms with E-state index in [9.17, 15) is 23.1 Å². The molecule has 8 heteroatoms. The Bertz CT molecular complexity index is 302. The summed E-state index contributed by atoms with van der Waals surface area (Å²) in [6.07, 6.45) is -5.52. The van der Waals surface area contributed by atoms with Crippen molar-refractivity contribution in [2.75, 3.05) is 6.61 Å². The number of aliphatic hydroxyl groups excluding tert-OH is 1. The lowest BCUT2D eigenvalue weighted by molar-refractivity contribution is -0.135. The lowest BCUT2D eigenvalue weighted by atomic mass is 9.92. The quantitative estimate of drug-likeness (QED) is 0.609. The van der Waals surface area contributed by atoms with Crippen molar-refractivity contribution < 1.29 is 28.2 Å². The second kappa shape index (κ2) is 3.78. The van der Waals surface area contributed by atoms with E-state index in [0.29, 0.717) is 0 Å². The number of rotatable bonds is 3. The van der Waals surface area contributed by atoms with Gasteiger partial charge in [0.15, 0.2) is 11.3 Å². The van der Waals surface area contributed by atoms with Crippen LogP contribution in [-0.4, -0.2) is 40.2 Å². The number of nitrogens with zero attached hydrogens (tertiary/aromatic N) is 1. The molecule has 0 fully saturated rings. The van der Waals surface area contributed by atoms with Gasteiger partial charge >= 0.3 is 6.18 Å². The summed E-state index contributed by atoms with van der Waals surface area (Å²) in [5, 5.41) is 20.7. The van der Waals surface area contributed by atoms with Gasteiger partial charge in [0.05, 0.1) is 0 Å². The average molecular weight is 226 g/mol. The molecule has 5 nitrogen and oxygen atoms in total. The lowest BCUT2D eigenvalue weighted by Crippen LogP contribution is -2.50. The number of aliphatic hydroxyl groups is 2. The average Bonchev–Trinajstić information content (AvgIpc) is 2.40. The van der Waals surface area contributed by atoms with Crippen LogP contribution in [0.2, 0.25) is 0 Å². The third kappa shape index (κ3) is 2.10. The van der Waals surface area contributed by atoms with E-state index in [2.05, 4.69) is 5.10 Å². The summed E-state index contributed by atoms with van der Waals surface area (Å²) < 4.78 is 36.9. The zero-order valence-corrected chi connectivity index (χ0v) is 7.51. The third-order valence-corrected chi connectivity index (χ3v) is 2.00. The molecule has 0 aromatic heterocycles. The smallest absolute Gasteiger partial charge is 0.396 e. The maximum atomic E-state index is 12.3. The first kappa shape index (κ1) is 11.9. The first-order valence-corrected chi connectivity index (χ1v) is 4.11. The second-order valence-corrected chi connectivity index (χ2v) is 3.09. The summed E-state index contributed by atoms with van der Waals surface area (Å²) in [7, 11) is 0. The van der Waals surface area contributed by atoms with Gasteiger partial charge in [-0.3, -0.25) is 4.79 Å². The maximum absolute atomic E-state index is 12.3. The van der Waals surface area contributed by atoms with E-state index in [1.54, 1.807) is 5.43 Å². The van der Waals surface area contributed by atoms with Crippen LogP contribution >= 0.6 is 0 Å². The number of hydrazone groups is 1. The van der Waals surface area contributed by atoms with Crippen LogP contribution < -0.4 is 5.43 Å². The van der Waals surface area contributed by atoms with Crippen LogP contribution in [0.3, 0.4) is 0 Å². The first-order valence-electron chi connectivity index (χ1n) is 4.11. The highest BCUT2D eigenvalue weighted by molar-refractivity contribution is 6.17. The molecule has 0 saturated heterocycles. The molecule has 1 aliphatic rings. The van der Waals surface area contributed by atoms with Crippen LogP contribution in [0.25, 0.3) is 0 Å². The highest BCUT2D eigenvalue weighted by atomic mass is 19.4. The minimum absolute atomic E-state index is 0.126. The van der Waals surface area contributed by atoms with E-state index >= 15 is 0 Å². The van der Waals surface area contributed by atoms with E-state index in [0.717, 1.165) is 0 Å². The van der Waals surface area contributed by atoms with Gasteiger partial charge in [-0.25, -0.2) is 5.43 Å². The van der Waals surface area contributed by atoms with Gasteiger partial charge in [-0.05, 0) is 12.8 Å². The molecular weight excluding hydrogens is 217 g/mol. The summed E-state index contributed by atoms with van der Waals surface area (Å²) in [6, 6.07) is 0. The number of hydrogen-bond donors (Lipinski definition) is 3. The van der Waals surface area contributed by atoms with Crippen molar-refractivity contribution in [2.45, 2.75) is 24.6 Å². The molecule has 0 saturated carbocycles. The molecule has 0 aromatic carbocycles. The molecule has 86 valence electrons. The predicted octanol–water partition coefficient (Wildman–Crippen LogP) is -0.462. The summed E-state index contributed by atoms with van der Waals surface area (Å²) in [5.74, 6) is -1.22. The SMILES string of the molecule is O=C1NN=C(C(F)(F)F)C1(O)CCCO. The molecule has 1 aliphatic heterocycles. The Morgan fingerprint density at radius 2 is 2.07 bits per heavy atom. The van der Waals surface area contributed by atoms with Crippen molar-refractivity contribution in [1.29, 1.82) is 0 Å². The third-order valence-electron chi connectivity index (χ3n) is 2.00. The molecule has 0 bridgehead atoms. The highest BCUT2D eigenvalue weighted by Crippen LogP contribution is 2.30. The Morgan fingerprint density at radius 1 is 1.47 bits per heavy atom. The van der Waals surface area contributed by atoms with Crippen molar-refractivity contribution in [2.24, 2.45) is 5.10 Å². The van der Waals surface area contributed by atoms with Gasteiger partial charge in [-0.2, -0.15) is 18.3 Å². The topological polar surface area (TPSA) is 81.9 Å². The van der Waals surface area contributed by atoms with E-state index in [-0.39, 0.29) is 6.42 Å². The van der Waals surface area contributed by atoms with Gasteiger partial charge in [-0.1, -0.05) is 0 Å². The van der Waals surface area contributed by atoms with Crippen LogP contribution in [0.1, 0.15) is 12.8 Å². The van der Waals surface area contributed by atoms with E-state index < -0.39 is 36.4 Å². The Labute approximate surface area is 82.6 Å². The van der Waals surface area contributed by atoms with Gasteiger partial charge in [0.1, 0.15) is 0 Å². The summed E-state index contributed by atoms with van der Waals surface area (Å²) >= 11 is 0. The number of carbonyl (C=O) groups excluding carboxylic acids is 1. The van der Waals surface area contributed by atoms with Gasteiger partial charge < -0.3 is 10.2 Å². The minimum Gasteiger partial charge on any atom is -0.396 e. The standard InChI is InChI=1S/C7H9F3N2O3/c8-7(9,10)4-6(15,2-1-3-13)5(14)12-11-4/h13,15H,1-3H2,(H,12,14). The molecule has 1 atom stereocenters. The second-order valence-electron chi connectivity index (χ2n) is 3.09. The number of alkyl halides is 3. The number of halogens is 3. The van der Waals surface area contributed by atoms with Gasteiger partial charge in [0, 0.05) is 6.61 Å². The minimum atomic E-state index is -4.87. The van der Waals surface area contributed by atoms with Crippen LogP contribution in [-0.2, 0) is 4.79 Å². The van der Waals surface area contributed by atoms with Gasteiger partial charge in [0.2, 0.25) is 0 Å². The number of carbonyl (C=O) groups is 1. The molecule has 0 radical (unpaired) electrons. The fourth-order valence-electron chi connectivity index (χ4n) is 1.26. The number of amides is 1. The van der Waals surface area contributed by atoms with Crippen LogP contribution in [0.5, 0.6) is 0 Å². The fourth-order valence-corrected chi connectivity index (χ4v) is 1.26. The largest absolute Gasteiger partial charge is 0.434 e. The molecule has 15 heavy (non-hydrogen) atoms. The van der Waals surface area contributed by atoms with Gasteiger partial charge in [0.25, 0.3) is 5.91 Å². The monoisotopic (exact) mass is 226 g/mol. The molecule has 1 unspecified atom stereocenters. The van der Waals surface area contributed by atoms with Crippen LogP contribution in [0, 0.1) is 0 Å². The summed E-state index contributed by atoms with van der Waals surface area (Å²) in [6.45, 7) is -0.416. The molecule has 3 N–H and O–H groups in total. The van der Waals surface area contributed by atoms with Crippen molar-refractivity contribution in [3.05, 3.63) is 0 Å². The van der Waals surface area contributed by atoms with Crippen molar-refractivity contribution in [3.63, 3.8) is 0 Å². The Balaban J connectivity index is 2.93. The Kier molecular flexibility index (Phi) is 3.00. The molecule has 1 rings (SSSR count). The first-order chi connectivity index (χ1) is 6.82. The Morgan fingerprint density at radius 3 is 2.53 bits per heavy atom. The molecule has 1 heterocycles. The van der Waals surface area contributed by atoms with Gasteiger partial charge in [-0.15, -0.1) is 0 Å². The van der Waals surface area contributed by atoms with E-state index in [1.807, 2.05) is 0 Å². The molecule has 0 spiro atoms. The fraction of sp³-hybridized carbons (Fsp3) is 0.714. The van der Waals surface area contributed by atoms with Crippen molar-refractivity contribution in [1.82, 2.24) is 5.43 Å². The maximum Gasteiger partial charge on any atom is 0.434 e. The Hall–Kier alpha value is -1.15. The highest BCUT2D eigenvalue weighted by Gasteiger charge is 2.57. The normalized spacial score (nSPS) is 26.5. The van der Waals surface area contributed by atoms with Crippen molar-refractivity contribution >= 4 is 11.6 Å². The summed E-state index contributed by atoms with van der Waals surface area (Å²) in [5.41, 5.74) is -2.67. The predicted molar refractivity (Wildman–Crippen MR) is 42.9 cm³/mol. The number of hydrogen-bond acceptors (Lipinski definition) is 4. The molecule has 1 amide bonds. The van der Waals surface area contributed by atoms with E-state index in [4.69, 9.17) is 5.11 Å². The van der Waals surface area contributed by atoms with Crippen LogP contribution in [0.15, 0.2) is 5.10 Å².